The van der Waals surface area contributed by atoms with Crippen LogP contribution in [0.5, 0.6) is 0 Å². The fourth-order valence-electron chi connectivity index (χ4n) is 3.61. The molecule has 6 nitrogen and oxygen atoms in total. The summed E-state index contributed by atoms with van der Waals surface area (Å²) in [6.45, 7) is 6.07. The van der Waals surface area contributed by atoms with Gasteiger partial charge in [0, 0.05) is 6.04 Å². The highest BCUT2D eigenvalue weighted by atomic mass is 16.2. The Morgan fingerprint density at radius 3 is 2.33 bits per heavy atom. The maximum atomic E-state index is 12.7. The van der Waals surface area contributed by atoms with Gasteiger partial charge in [-0.1, -0.05) is 39.5 Å². The van der Waals surface area contributed by atoms with E-state index in [-0.39, 0.29) is 24.4 Å². The van der Waals surface area contributed by atoms with E-state index in [0.717, 1.165) is 43.4 Å². The quantitative estimate of drug-likeness (QED) is 0.731. The summed E-state index contributed by atoms with van der Waals surface area (Å²) >= 11 is 0. The lowest BCUT2D eigenvalue weighted by molar-refractivity contribution is -0.135. The summed E-state index contributed by atoms with van der Waals surface area (Å²) in [7, 11) is 0. The van der Waals surface area contributed by atoms with Gasteiger partial charge < -0.3 is 10.6 Å². The number of hydrogen-bond donors (Lipinski definition) is 2. The molecule has 0 aromatic heterocycles. The van der Waals surface area contributed by atoms with Crippen molar-refractivity contribution in [2.24, 2.45) is 5.92 Å². The van der Waals surface area contributed by atoms with Crippen molar-refractivity contribution in [1.29, 1.82) is 0 Å². The lowest BCUT2D eigenvalue weighted by atomic mass is 9.90. The van der Waals surface area contributed by atoms with E-state index in [1.807, 2.05) is 6.92 Å². The van der Waals surface area contributed by atoms with Gasteiger partial charge in [0.2, 0.25) is 5.91 Å². The first-order valence-electron chi connectivity index (χ1n) is 9.27. The SMILES string of the molecule is CC(C)CC[C@H](C)NC(=O)CN1C(=O)NC2(CCCCCC2)C1=O. The van der Waals surface area contributed by atoms with Crippen LogP contribution >= 0.6 is 0 Å². The first kappa shape index (κ1) is 18.7. The number of carbonyl (C=O) groups is 3. The molecule has 6 heteroatoms. The number of urea groups is 1. The number of imide groups is 1. The minimum atomic E-state index is -0.767. The minimum absolute atomic E-state index is 0.0486. The van der Waals surface area contributed by atoms with Gasteiger partial charge in [-0.2, -0.15) is 0 Å². The third-order valence-corrected chi connectivity index (χ3v) is 5.09. The van der Waals surface area contributed by atoms with Gasteiger partial charge in [-0.25, -0.2) is 4.79 Å². The van der Waals surface area contributed by atoms with E-state index in [4.69, 9.17) is 0 Å². The van der Waals surface area contributed by atoms with Crippen LogP contribution in [0.3, 0.4) is 0 Å². The standard InChI is InChI=1S/C18H31N3O3/c1-13(2)8-9-14(3)19-15(22)12-21-16(23)18(20-17(21)24)10-6-4-5-7-11-18/h13-14H,4-12H2,1-3H3,(H,19,22)(H,20,24)/t14-/m0/s1. The largest absolute Gasteiger partial charge is 0.352 e. The fourth-order valence-corrected chi connectivity index (χ4v) is 3.61. The number of rotatable bonds is 6. The van der Waals surface area contributed by atoms with Crippen LogP contribution in [0.1, 0.15) is 72.1 Å². The fraction of sp³-hybridized carbons (Fsp3) is 0.833. The Labute approximate surface area is 144 Å². The second kappa shape index (κ2) is 7.99. The molecule has 2 rings (SSSR count). The maximum absolute atomic E-state index is 12.7. The van der Waals surface area contributed by atoms with E-state index in [2.05, 4.69) is 24.5 Å². The molecule has 0 unspecified atom stereocenters. The molecular weight excluding hydrogens is 306 g/mol. The first-order chi connectivity index (χ1) is 11.3. The van der Waals surface area contributed by atoms with E-state index in [1.165, 1.54) is 0 Å². The summed E-state index contributed by atoms with van der Waals surface area (Å²) in [6, 6.07) is -0.376. The van der Waals surface area contributed by atoms with Gasteiger partial charge in [0.15, 0.2) is 0 Å². The zero-order valence-corrected chi connectivity index (χ0v) is 15.2. The molecule has 2 aliphatic rings. The van der Waals surface area contributed by atoms with E-state index < -0.39 is 11.6 Å². The summed E-state index contributed by atoms with van der Waals surface area (Å²) in [4.78, 5) is 38.3. The molecule has 0 bridgehead atoms. The molecule has 24 heavy (non-hydrogen) atoms. The third-order valence-electron chi connectivity index (χ3n) is 5.09. The van der Waals surface area contributed by atoms with Crippen LogP contribution in [-0.4, -0.2) is 40.9 Å². The zero-order chi connectivity index (χ0) is 17.7. The molecule has 1 saturated carbocycles. The molecule has 1 heterocycles. The van der Waals surface area contributed by atoms with Gasteiger partial charge in [-0.05, 0) is 38.5 Å². The molecule has 0 aromatic rings. The maximum Gasteiger partial charge on any atom is 0.325 e. The van der Waals surface area contributed by atoms with Crippen molar-refractivity contribution in [3.63, 3.8) is 0 Å². The highest BCUT2D eigenvalue weighted by Crippen LogP contribution is 2.32. The van der Waals surface area contributed by atoms with E-state index in [1.54, 1.807) is 0 Å². The Kier molecular flexibility index (Phi) is 6.24. The van der Waals surface area contributed by atoms with E-state index >= 15 is 0 Å². The summed E-state index contributed by atoms with van der Waals surface area (Å²) in [5.41, 5.74) is -0.767. The van der Waals surface area contributed by atoms with Crippen molar-refractivity contribution in [1.82, 2.24) is 15.5 Å². The molecule has 1 aliphatic heterocycles. The average molecular weight is 337 g/mol. The van der Waals surface area contributed by atoms with Crippen LogP contribution in [0.25, 0.3) is 0 Å². The van der Waals surface area contributed by atoms with Crippen molar-refractivity contribution in [2.75, 3.05) is 6.54 Å². The molecule has 0 radical (unpaired) electrons. The van der Waals surface area contributed by atoms with Crippen molar-refractivity contribution in [2.45, 2.75) is 83.7 Å². The first-order valence-corrected chi connectivity index (χ1v) is 9.27. The lowest BCUT2D eigenvalue weighted by Gasteiger charge is -2.24. The molecule has 4 amide bonds. The third kappa shape index (κ3) is 4.48. The molecule has 0 aromatic carbocycles. The Hall–Kier alpha value is -1.59. The van der Waals surface area contributed by atoms with Gasteiger partial charge in [-0.15, -0.1) is 0 Å². The number of nitrogens with one attached hydrogen (secondary N) is 2. The second-order valence-electron chi connectivity index (χ2n) is 7.76. The highest BCUT2D eigenvalue weighted by Gasteiger charge is 2.51. The number of carbonyl (C=O) groups excluding carboxylic acids is 3. The van der Waals surface area contributed by atoms with Crippen LogP contribution in [0.15, 0.2) is 0 Å². The molecule has 1 aliphatic carbocycles. The van der Waals surface area contributed by atoms with Gasteiger partial charge in [0.1, 0.15) is 12.1 Å². The Morgan fingerprint density at radius 1 is 1.12 bits per heavy atom. The van der Waals surface area contributed by atoms with Crippen LogP contribution in [0, 0.1) is 5.92 Å². The van der Waals surface area contributed by atoms with Gasteiger partial charge >= 0.3 is 6.03 Å². The van der Waals surface area contributed by atoms with Crippen molar-refractivity contribution in [3.8, 4) is 0 Å². The summed E-state index contributed by atoms with van der Waals surface area (Å²) in [5.74, 6) is 0.102. The number of amides is 4. The monoisotopic (exact) mass is 337 g/mol. The summed E-state index contributed by atoms with van der Waals surface area (Å²) in [5, 5.41) is 5.76. The molecule has 1 saturated heterocycles. The van der Waals surface area contributed by atoms with Crippen molar-refractivity contribution < 1.29 is 14.4 Å². The summed E-state index contributed by atoms with van der Waals surface area (Å²) in [6.07, 6.45) is 7.37. The van der Waals surface area contributed by atoms with Gasteiger partial charge in [0.05, 0.1) is 0 Å². The normalized spacial score (nSPS) is 21.8. The molecule has 2 N–H and O–H groups in total. The predicted molar refractivity (Wildman–Crippen MR) is 92.4 cm³/mol. The molecule has 1 atom stereocenters. The van der Waals surface area contributed by atoms with E-state index in [9.17, 15) is 14.4 Å². The highest BCUT2D eigenvalue weighted by molar-refractivity contribution is 6.09. The van der Waals surface area contributed by atoms with Crippen molar-refractivity contribution >= 4 is 17.8 Å². The van der Waals surface area contributed by atoms with Gasteiger partial charge in [0.25, 0.3) is 5.91 Å². The second-order valence-corrected chi connectivity index (χ2v) is 7.76. The van der Waals surface area contributed by atoms with E-state index in [0.29, 0.717) is 18.8 Å². The number of hydrogen-bond acceptors (Lipinski definition) is 3. The molecular formula is C18H31N3O3. The molecule has 136 valence electrons. The van der Waals surface area contributed by atoms with Gasteiger partial charge in [-0.3, -0.25) is 14.5 Å². The topological polar surface area (TPSA) is 78.5 Å². The lowest BCUT2D eigenvalue weighted by Crippen LogP contribution is -2.47. The summed E-state index contributed by atoms with van der Waals surface area (Å²) < 4.78 is 0. The van der Waals surface area contributed by atoms with Crippen molar-refractivity contribution in [3.05, 3.63) is 0 Å². The molecule has 1 spiro atoms. The van der Waals surface area contributed by atoms with Crippen LogP contribution in [0.2, 0.25) is 0 Å². The predicted octanol–water partition coefficient (Wildman–Crippen LogP) is 2.57. The Bertz CT molecular complexity index is 482. The van der Waals surface area contributed by atoms with Crippen LogP contribution in [-0.2, 0) is 9.59 Å². The molecule has 2 fully saturated rings. The van der Waals surface area contributed by atoms with Crippen LogP contribution in [0.4, 0.5) is 4.79 Å². The number of nitrogens with zero attached hydrogens (tertiary/aromatic N) is 1. The Balaban J connectivity index is 1.91. The minimum Gasteiger partial charge on any atom is -0.352 e. The Morgan fingerprint density at radius 2 is 1.75 bits per heavy atom. The van der Waals surface area contributed by atoms with Crippen LogP contribution < -0.4 is 10.6 Å². The zero-order valence-electron chi connectivity index (χ0n) is 15.2. The average Bonchev–Trinajstić information content (AvgIpc) is 2.70. The smallest absolute Gasteiger partial charge is 0.325 e.